The van der Waals surface area contributed by atoms with E-state index in [1.54, 1.807) is 7.11 Å². The van der Waals surface area contributed by atoms with Crippen molar-refractivity contribution in [3.8, 4) is 5.75 Å². The minimum atomic E-state index is -0.842. The fraction of sp³-hybridized carbons (Fsp3) is 0.316. The molecule has 1 N–H and O–H groups in total. The molecule has 0 fully saturated rings. The third-order valence-corrected chi connectivity index (χ3v) is 5.86. The highest BCUT2D eigenvalue weighted by Gasteiger charge is 2.10. The third-order valence-electron chi connectivity index (χ3n) is 4.04. The number of methoxy groups -OCH3 is 1. The SMILES string of the molecule is COc1ccc2nc3ccccc3c(NCCCS(=O)CCCl)c2c1. The molecule has 4 nitrogen and oxygen atoms in total. The molecule has 0 amide bonds. The van der Waals surface area contributed by atoms with Crippen LogP contribution in [-0.4, -0.2) is 40.2 Å². The number of hydrogen-bond acceptors (Lipinski definition) is 4. The lowest BCUT2D eigenvalue weighted by Crippen LogP contribution is -2.10. The number of pyridine rings is 1. The number of benzene rings is 2. The minimum absolute atomic E-state index is 0.444. The first-order valence-electron chi connectivity index (χ1n) is 8.24. The minimum Gasteiger partial charge on any atom is -0.497 e. The molecule has 2 aromatic carbocycles. The number of aromatic nitrogens is 1. The number of nitrogens with one attached hydrogen (secondary N) is 1. The van der Waals surface area contributed by atoms with Gasteiger partial charge in [0.1, 0.15) is 5.75 Å². The Morgan fingerprint density at radius 3 is 2.72 bits per heavy atom. The van der Waals surface area contributed by atoms with Crippen molar-refractivity contribution in [1.29, 1.82) is 0 Å². The molecule has 1 heterocycles. The number of alkyl halides is 1. The molecule has 0 spiro atoms. The van der Waals surface area contributed by atoms with Crippen LogP contribution in [0.25, 0.3) is 21.8 Å². The molecule has 1 aromatic heterocycles. The lowest BCUT2D eigenvalue weighted by molar-refractivity contribution is 0.415. The van der Waals surface area contributed by atoms with E-state index >= 15 is 0 Å². The van der Waals surface area contributed by atoms with E-state index in [0.29, 0.717) is 17.4 Å². The fourth-order valence-electron chi connectivity index (χ4n) is 2.82. The Kier molecular flexibility index (Phi) is 6.10. The summed E-state index contributed by atoms with van der Waals surface area (Å²) in [6, 6.07) is 14.0. The smallest absolute Gasteiger partial charge is 0.119 e. The van der Waals surface area contributed by atoms with E-state index < -0.39 is 10.8 Å². The van der Waals surface area contributed by atoms with Gasteiger partial charge in [-0.1, -0.05) is 18.2 Å². The summed E-state index contributed by atoms with van der Waals surface area (Å²) in [4.78, 5) is 4.74. The van der Waals surface area contributed by atoms with Crippen molar-refractivity contribution in [2.24, 2.45) is 0 Å². The Morgan fingerprint density at radius 1 is 1.12 bits per heavy atom. The van der Waals surface area contributed by atoms with Crippen molar-refractivity contribution >= 4 is 49.9 Å². The summed E-state index contributed by atoms with van der Waals surface area (Å²) in [7, 11) is 0.820. The summed E-state index contributed by atoms with van der Waals surface area (Å²) in [5, 5.41) is 5.62. The Hall–Kier alpha value is -1.85. The standard InChI is InChI=1S/C19H21ClN2O2S/c1-24-14-7-8-18-16(13-14)19(15-5-2-3-6-17(15)22-18)21-10-4-11-25(23)12-9-20/h2-3,5-8,13H,4,9-12H2,1H3,(H,21,22). The average Bonchev–Trinajstić information content (AvgIpc) is 2.64. The summed E-state index contributed by atoms with van der Waals surface area (Å²) < 4.78 is 17.1. The van der Waals surface area contributed by atoms with Gasteiger partial charge in [-0.3, -0.25) is 4.21 Å². The summed E-state index contributed by atoms with van der Waals surface area (Å²) in [6.45, 7) is 0.744. The number of nitrogens with zero attached hydrogens (tertiary/aromatic N) is 1. The average molecular weight is 377 g/mol. The maximum atomic E-state index is 11.7. The Morgan fingerprint density at radius 2 is 1.92 bits per heavy atom. The van der Waals surface area contributed by atoms with Gasteiger partial charge in [0.25, 0.3) is 0 Å². The van der Waals surface area contributed by atoms with E-state index in [9.17, 15) is 4.21 Å². The van der Waals surface area contributed by atoms with Gasteiger partial charge in [-0.2, -0.15) is 0 Å². The van der Waals surface area contributed by atoms with E-state index in [1.807, 2.05) is 36.4 Å². The lowest BCUT2D eigenvalue weighted by Gasteiger charge is -2.14. The highest BCUT2D eigenvalue weighted by atomic mass is 35.5. The molecule has 0 saturated heterocycles. The fourth-order valence-corrected chi connectivity index (χ4v) is 4.18. The van der Waals surface area contributed by atoms with Crippen molar-refractivity contribution in [2.45, 2.75) is 6.42 Å². The summed E-state index contributed by atoms with van der Waals surface area (Å²) in [5.74, 6) is 2.46. The van der Waals surface area contributed by atoms with Gasteiger partial charge in [-0.25, -0.2) is 4.98 Å². The van der Waals surface area contributed by atoms with Crippen LogP contribution in [0.4, 0.5) is 5.69 Å². The first kappa shape index (κ1) is 18.0. The zero-order valence-electron chi connectivity index (χ0n) is 14.1. The number of para-hydroxylation sites is 1. The number of ether oxygens (including phenoxy) is 1. The monoisotopic (exact) mass is 376 g/mol. The maximum absolute atomic E-state index is 11.7. The molecule has 3 rings (SSSR count). The van der Waals surface area contributed by atoms with Crippen LogP contribution < -0.4 is 10.1 Å². The molecule has 0 aliphatic carbocycles. The van der Waals surface area contributed by atoms with Gasteiger partial charge in [0.15, 0.2) is 0 Å². The van der Waals surface area contributed by atoms with Crippen LogP contribution in [-0.2, 0) is 10.8 Å². The third kappa shape index (κ3) is 4.22. The van der Waals surface area contributed by atoms with Crippen LogP contribution in [0.3, 0.4) is 0 Å². The lowest BCUT2D eigenvalue weighted by atomic mass is 10.1. The molecular weight excluding hydrogens is 356 g/mol. The van der Waals surface area contributed by atoms with Crippen LogP contribution in [0.5, 0.6) is 5.75 Å². The van der Waals surface area contributed by atoms with Gasteiger partial charge >= 0.3 is 0 Å². The van der Waals surface area contributed by atoms with Crippen LogP contribution in [0.2, 0.25) is 0 Å². The van der Waals surface area contributed by atoms with E-state index in [-0.39, 0.29) is 0 Å². The predicted octanol–water partition coefficient (Wildman–Crippen LogP) is 4.19. The first-order chi connectivity index (χ1) is 12.2. The number of hydrogen-bond donors (Lipinski definition) is 1. The second kappa shape index (κ2) is 8.50. The van der Waals surface area contributed by atoms with Crippen LogP contribution in [0.15, 0.2) is 42.5 Å². The van der Waals surface area contributed by atoms with Crippen LogP contribution >= 0.6 is 11.6 Å². The van der Waals surface area contributed by atoms with Crippen molar-refractivity contribution in [3.63, 3.8) is 0 Å². The van der Waals surface area contributed by atoms with Gasteiger partial charge in [0, 0.05) is 45.5 Å². The molecule has 3 aromatic rings. The van der Waals surface area contributed by atoms with Crippen LogP contribution in [0, 0.1) is 0 Å². The summed E-state index contributed by atoms with van der Waals surface area (Å²) in [5.41, 5.74) is 2.92. The number of fused-ring (bicyclic) bond motifs is 2. The van der Waals surface area contributed by atoms with Gasteiger partial charge in [-0.05, 0) is 30.7 Å². The number of anilines is 1. The second-order valence-electron chi connectivity index (χ2n) is 5.70. The van der Waals surface area contributed by atoms with Gasteiger partial charge in [0.2, 0.25) is 0 Å². The van der Waals surface area contributed by atoms with E-state index in [1.165, 1.54) is 0 Å². The maximum Gasteiger partial charge on any atom is 0.119 e. The molecule has 132 valence electrons. The van der Waals surface area contributed by atoms with Gasteiger partial charge in [-0.15, -0.1) is 11.6 Å². The highest BCUT2D eigenvalue weighted by Crippen LogP contribution is 2.32. The van der Waals surface area contributed by atoms with Gasteiger partial charge < -0.3 is 10.1 Å². The largest absolute Gasteiger partial charge is 0.497 e. The second-order valence-corrected chi connectivity index (χ2v) is 7.78. The van der Waals surface area contributed by atoms with Crippen molar-refractivity contribution in [1.82, 2.24) is 4.98 Å². The van der Waals surface area contributed by atoms with Crippen molar-refractivity contribution in [3.05, 3.63) is 42.5 Å². The first-order valence-corrected chi connectivity index (χ1v) is 10.3. The number of rotatable bonds is 8. The van der Waals surface area contributed by atoms with E-state index in [4.69, 9.17) is 21.3 Å². The molecular formula is C19H21ClN2O2S. The zero-order valence-corrected chi connectivity index (χ0v) is 15.7. The molecule has 0 bridgehead atoms. The highest BCUT2D eigenvalue weighted by molar-refractivity contribution is 7.85. The Bertz CT molecular complexity index is 901. The number of halogens is 1. The van der Waals surface area contributed by atoms with E-state index in [2.05, 4.69) is 11.4 Å². The molecule has 0 aliphatic heterocycles. The Labute approximate surface area is 155 Å². The summed E-state index contributed by atoms with van der Waals surface area (Å²) >= 11 is 5.64. The quantitative estimate of drug-likeness (QED) is 0.364. The molecule has 0 radical (unpaired) electrons. The summed E-state index contributed by atoms with van der Waals surface area (Å²) in [6.07, 6.45) is 0.825. The van der Waals surface area contributed by atoms with E-state index in [0.717, 1.165) is 46.2 Å². The predicted molar refractivity (Wildman–Crippen MR) is 108 cm³/mol. The van der Waals surface area contributed by atoms with Crippen molar-refractivity contribution < 1.29 is 8.95 Å². The molecule has 1 unspecified atom stereocenters. The van der Waals surface area contributed by atoms with Gasteiger partial charge in [0.05, 0.1) is 23.8 Å². The zero-order chi connectivity index (χ0) is 17.6. The molecule has 1 atom stereocenters. The molecule has 0 aliphatic rings. The van der Waals surface area contributed by atoms with Crippen molar-refractivity contribution in [2.75, 3.05) is 36.4 Å². The molecule has 6 heteroatoms. The van der Waals surface area contributed by atoms with Crippen LogP contribution in [0.1, 0.15) is 6.42 Å². The topological polar surface area (TPSA) is 51.2 Å². The normalized spacial score (nSPS) is 12.4. The molecule has 0 saturated carbocycles. The Balaban J connectivity index is 1.91. The molecule has 25 heavy (non-hydrogen) atoms.